The van der Waals surface area contributed by atoms with Gasteiger partial charge in [0.1, 0.15) is 10.0 Å². The van der Waals surface area contributed by atoms with E-state index in [2.05, 4.69) is 4.98 Å². The minimum atomic E-state index is -3.94. The minimum Gasteiger partial charge on any atom is -0.481 e. The summed E-state index contributed by atoms with van der Waals surface area (Å²) in [4.78, 5) is 15.7. The zero-order valence-electron chi connectivity index (χ0n) is 14.9. The average Bonchev–Trinajstić information content (AvgIpc) is 3.33. The first-order chi connectivity index (χ1) is 13.9. The molecule has 6 nitrogen and oxygen atoms in total. The summed E-state index contributed by atoms with van der Waals surface area (Å²) in [7, 11) is -3.94. The van der Waals surface area contributed by atoms with E-state index in [1.54, 1.807) is 24.5 Å². The molecule has 148 valence electrons. The summed E-state index contributed by atoms with van der Waals surface area (Å²) in [5.74, 6) is -1.52. The number of aryl methyl sites for hydroxylation is 1. The zero-order chi connectivity index (χ0) is 20.6. The van der Waals surface area contributed by atoms with Crippen LogP contribution in [0.1, 0.15) is 12.0 Å². The van der Waals surface area contributed by atoms with Crippen molar-refractivity contribution in [1.82, 2.24) is 8.96 Å². The van der Waals surface area contributed by atoms with Crippen molar-refractivity contribution in [2.75, 3.05) is 0 Å². The number of carboxylic acids is 1. The van der Waals surface area contributed by atoms with Crippen molar-refractivity contribution in [3.05, 3.63) is 72.4 Å². The van der Waals surface area contributed by atoms with E-state index >= 15 is 0 Å². The van der Waals surface area contributed by atoms with E-state index in [1.807, 2.05) is 6.07 Å². The van der Waals surface area contributed by atoms with Crippen LogP contribution in [0.25, 0.3) is 21.3 Å². The van der Waals surface area contributed by atoms with Crippen LogP contribution < -0.4 is 0 Å². The standard InChI is InChI=1S/C20H15FN2O4S2/c21-15-4-5-17-16(10-15)14(3-7-19(24)25)12-23(17)29(26,27)20-8-6-18(28-20)13-2-1-9-22-11-13/h1-2,4-6,8-12H,3,7H2,(H,24,25). The molecule has 0 radical (unpaired) electrons. The minimum absolute atomic E-state index is 0.100. The van der Waals surface area contributed by atoms with Crippen LogP contribution in [0.5, 0.6) is 0 Å². The molecule has 1 aromatic carbocycles. The second-order valence-corrected chi connectivity index (χ2v) is 9.50. The summed E-state index contributed by atoms with van der Waals surface area (Å²) in [6.07, 6.45) is 4.59. The number of carbonyl (C=O) groups is 1. The molecule has 0 saturated carbocycles. The molecular formula is C20H15FN2O4S2. The number of pyridine rings is 1. The number of hydrogen-bond acceptors (Lipinski definition) is 5. The van der Waals surface area contributed by atoms with Crippen LogP contribution >= 0.6 is 11.3 Å². The lowest BCUT2D eigenvalue weighted by atomic mass is 10.1. The van der Waals surface area contributed by atoms with Crippen LogP contribution in [-0.4, -0.2) is 28.5 Å². The van der Waals surface area contributed by atoms with Gasteiger partial charge >= 0.3 is 5.97 Å². The third kappa shape index (κ3) is 3.66. The molecule has 4 aromatic rings. The Hall–Kier alpha value is -3.04. The number of rotatable bonds is 6. The Morgan fingerprint density at radius 3 is 2.76 bits per heavy atom. The molecule has 3 heterocycles. The van der Waals surface area contributed by atoms with Gasteiger partial charge in [0.2, 0.25) is 0 Å². The molecule has 0 atom stereocenters. The third-order valence-electron chi connectivity index (χ3n) is 4.46. The summed E-state index contributed by atoms with van der Waals surface area (Å²) in [5, 5.41) is 9.34. The smallest absolute Gasteiger partial charge is 0.303 e. The SMILES string of the molecule is O=C(O)CCc1cn(S(=O)(=O)c2ccc(-c3cccnc3)s2)c2ccc(F)cc12. The highest BCUT2D eigenvalue weighted by atomic mass is 32.2. The van der Waals surface area contributed by atoms with Gasteiger partial charge in [-0.15, -0.1) is 11.3 Å². The fourth-order valence-corrected chi connectivity index (χ4v) is 5.87. The predicted molar refractivity (Wildman–Crippen MR) is 108 cm³/mol. The van der Waals surface area contributed by atoms with Gasteiger partial charge in [0.05, 0.1) is 5.52 Å². The Balaban J connectivity index is 1.81. The van der Waals surface area contributed by atoms with Gasteiger partial charge in [0.25, 0.3) is 10.0 Å². The molecule has 29 heavy (non-hydrogen) atoms. The van der Waals surface area contributed by atoms with Gasteiger partial charge in [0, 0.05) is 40.8 Å². The third-order valence-corrected chi connectivity index (χ3v) is 7.74. The highest BCUT2D eigenvalue weighted by molar-refractivity contribution is 7.92. The van der Waals surface area contributed by atoms with Crippen LogP contribution in [0.15, 0.2) is 65.3 Å². The first-order valence-electron chi connectivity index (χ1n) is 8.63. The number of carboxylic acid groups (broad SMARTS) is 1. The van der Waals surface area contributed by atoms with E-state index in [1.165, 1.54) is 30.5 Å². The van der Waals surface area contributed by atoms with Crippen molar-refractivity contribution in [2.24, 2.45) is 0 Å². The summed E-state index contributed by atoms with van der Waals surface area (Å²) in [5.41, 5.74) is 1.58. The van der Waals surface area contributed by atoms with Gasteiger partial charge in [-0.1, -0.05) is 6.07 Å². The molecule has 0 unspecified atom stereocenters. The van der Waals surface area contributed by atoms with Gasteiger partial charge in [0.15, 0.2) is 0 Å². The highest BCUT2D eigenvalue weighted by Gasteiger charge is 2.24. The fourth-order valence-electron chi connectivity index (χ4n) is 3.10. The lowest BCUT2D eigenvalue weighted by molar-refractivity contribution is -0.136. The number of halogens is 1. The van der Waals surface area contributed by atoms with Gasteiger partial charge in [-0.2, -0.15) is 8.42 Å². The van der Waals surface area contributed by atoms with Crippen molar-refractivity contribution in [3.63, 3.8) is 0 Å². The first kappa shape index (κ1) is 19.3. The Labute approximate surface area is 169 Å². The molecule has 0 bridgehead atoms. The molecule has 0 aliphatic carbocycles. The summed E-state index contributed by atoms with van der Waals surface area (Å²) in [6, 6.07) is 10.7. The molecule has 0 saturated heterocycles. The maximum Gasteiger partial charge on any atom is 0.303 e. The second kappa shape index (κ2) is 7.41. The molecule has 3 aromatic heterocycles. The lowest BCUT2D eigenvalue weighted by Crippen LogP contribution is -2.10. The lowest BCUT2D eigenvalue weighted by Gasteiger charge is -2.05. The van der Waals surface area contributed by atoms with Crippen molar-refractivity contribution >= 4 is 38.2 Å². The number of aromatic nitrogens is 2. The summed E-state index contributed by atoms with van der Waals surface area (Å²) in [6.45, 7) is 0. The van der Waals surface area contributed by atoms with E-state index in [0.717, 1.165) is 25.7 Å². The molecule has 1 N–H and O–H groups in total. The Bertz CT molecular complexity index is 1310. The van der Waals surface area contributed by atoms with Crippen LogP contribution in [0.3, 0.4) is 0 Å². The van der Waals surface area contributed by atoms with Gasteiger partial charge in [-0.25, -0.2) is 8.36 Å². The van der Waals surface area contributed by atoms with E-state index in [-0.39, 0.29) is 17.1 Å². The number of hydrogen-bond donors (Lipinski definition) is 1. The normalized spacial score (nSPS) is 11.8. The predicted octanol–water partition coefficient (Wildman–Crippen LogP) is 4.16. The molecule has 0 aliphatic heterocycles. The summed E-state index contributed by atoms with van der Waals surface area (Å²) >= 11 is 1.11. The van der Waals surface area contributed by atoms with Crippen molar-refractivity contribution in [1.29, 1.82) is 0 Å². The first-order valence-corrected chi connectivity index (χ1v) is 10.9. The molecule has 0 aliphatic rings. The van der Waals surface area contributed by atoms with Gasteiger partial charge in [-0.3, -0.25) is 9.78 Å². The average molecular weight is 430 g/mol. The topological polar surface area (TPSA) is 89.3 Å². The monoisotopic (exact) mass is 430 g/mol. The number of nitrogens with zero attached hydrogens (tertiary/aromatic N) is 2. The van der Waals surface area contributed by atoms with Crippen LogP contribution in [0.4, 0.5) is 4.39 Å². The van der Waals surface area contributed by atoms with Crippen molar-refractivity contribution in [2.45, 2.75) is 17.1 Å². The summed E-state index contributed by atoms with van der Waals surface area (Å²) < 4.78 is 41.5. The number of thiophene rings is 1. The maximum atomic E-state index is 13.8. The van der Waals surface area contributed by atoms with E-state index in [4.69, 9.17) is 5.11 Å². The number of aliphatic carboxylic acids is 1. The van der Waals surface area contributed by atoms with Crippen molar-refractivity contribution in [3.8, 4) is 10.4 Å². The zero-order valence-corrected chi connectivity index (χ0v) is 16.6. The van der Waals surface area contributed by atoms with Crippen LogP contribution in [-0.2, 0) is 21.2 Å². The highest BCUT2D eigenvalue weighted by Crippen LogP contribution is 2.34. The van der Waals surface area contributed by atoms with E-state index in [0.29, 0.717) is 16.5 Å². The largest absolute Gasteiger partial charge is 0.481 e. The second-order valence-electron chi connectivity index (χ2n) is 6.37. The molecular weight excluding hydrogens is 415 g/mol. The van der Waals surface area contributed by atoms with Crippen molar-refractivity contribution < 1.29 is 22.7 Å². The quantitative estimate of drug-likeness (QED) is 0.496. The molecule has 0 fully saturated rings. The van der Waals surface area contributed by atoms with E-state index < -0.39 is 21.8 Å². The van der Waals surface area contributed by atoms with Gasteiger partial charge in [-0.05, 0) is 48.4 Å². The Morgan fingerprint density at radius 2 is 2.03 bits per heavy atom. The number of benzene rings is 1. The molecule has 9 heteroatoms. The fraction of sp³-hybridized carbons (Fsp3) is 0.100. The maximum absolute atomic E-state index is 13.8. The van der Waals surface area contributed by atoms with E-state index in [9.17, 15) is 17.6 Å². The van der Waals surface area contributed by atoms with Gasteiger partial charge < -0.3 is 5.11 Å². The molecule has 0 spiro atoms. The molecule has 0 amide bonds. The molecule has 4 rings (SSSR count). The Kier molecular flexibility index (Phi) is 4.93. The Morgan fingerprint density at radius 1 is 1.21 bits per heavy atom. The van der Waals surface area contributed by atoms with Crippen LogP contribution in [0, 0.1) is 5.82 Å². The number of fused-ring (bicyclic) bond motifs is 1. The van der Waals surface area contributed by atoms with Crippen LogP contribution in [0.2, 0.25) is 0 Å².